The molecule has 1 amide bonds. The van der Waals surface area contributed by atoms with Crippen molar-refractivity contribution in [3.8, 4) is 0 Å². The fourth-order valence-corrected chi connectivity index (χ4v) is 1.96. The van der Waals surface area contributed by atoms with E-state index in [0.29, 0.717) is 12.4 Å². The molecule has 3 rings (SSSR count). The zero-order valence-corrected chi connectivity index (χ0v) is 9.18. The molecule has 5 nitrogen and oxygen atoms in total. The number of nitrogens with zero attached hydrogens (tertiary/aromatic N) is 2. The molecule has 2 heterocycles. The van der Waals surface area contributed by atoms with Crippen molar-refractivity contribution in [2.45, 2.75) is 6.54 Å². The number of rotatable bonds is 2. The molecule has 1 aromatic heterocycles. The highest BCUT2D eigenvalue weighted by Crippen LogP contribution is 2.20. The molecule has 86 valence electrons. The van der Waals surface area contributed by atoms with E-state index < -0.39 is 0 Å². The molecule has 1 aliphatic rings. The lowest BCUT2D eigenvalue weighted by Gasteiger charge is -2.27. The highest BCUT2D eigenvalue weighted by Gasteiger charge is 2.24. The maximum atomic E-state index is 11.5. The van der Waals surface area contributed by atoms with Gasteiger partial charge in [-0.05, 0) is 5.56 Å². The SMILES string of the molecule is O=C1NCN(Cc2ccccc2)c2nc[nH]c21. The highest BCUT2D eigenvalue weighted by atomic mass is 16.2. The average molecular weight is 228 g/mol. The second kappa shape index (κ2) is 3.93. The number of aromatic nitrogens is 2. The normalized spacial score (nSPS) is 14.4. The van der Waals surface area contributed by atoms with Crippen LogP contribution in [0.5, 0.6) is 0 Å². The van der Waals surface area contributed by atoms with Gasteiger partial charge in [0, 0.05) is 6.54 Å². The molecule has 0 radical (unpaired) electrons. The van der Waals surface area contributed by atoms with Crippen molar-refractivity contribution < 1.29 is 4.79 Å². The fourth-order valence-electron chi connectivity index (χ4n) is 1.96. The van der Waals surface area contributed by atoms with E-state index in [-0.39, 0.29) is 5.91 Å². The summed E-state index contributed by atoms with van der Waals surface area (Å²) in [5.74, 6) is 0.624. The molecule has 1 aromatic carbocycles. The van der Waals surface area contributed by atoms with Gasteiger partial charge >= 0.3 is 0 Å². The number of carbonyl (C=O) groups excluding carboxylic acids is 1. The number of amides is 1. The molecule has 0 bridgehead atoms. The molecular formula is C12H12N4O. The van der Waals surface area contributed by atoms with Gasteiger partial charge in [0.25, 0.3) is 5.91 Å². The summed E-state index contributed by atoms with van der Waals surface area (Å²) in [4.78, 5) is 20.6. The number of H-pyrrole nitrogens is 1. The van der Waals surface area contributed by atoms with Crippen LogP contribution in [0.25, 0.3) is 0 Å². The van der Waals surface area contributed by atoms with E-state index in [1.807, 2.05) is 23.1 Å². The molecule has 0 spiro atoms. The Morgan fingerprint density at radius 3 is 2.94 bits per heavy atom. The number of carbonyl (C=O) groups is 1. The zero-order chi connectivity index (χ0) is 11.7. The third kappa shape index (κ3) is 1.75. The van der Waals surface area contributed by atoms with Gasteiger partial charge in [-0.25, -0.2) is 4.98 Å². The Hall–Kier alpha value is -2.30. The van der Waals surface area contributed by atoms with Crippen LogP contribution in [0.15, 0.2) is 36.7 Å². The van der Waals surface area contributed by atoms with Crippen LogP contribution in [0.1, 0.15) is 16.1 Å². The second-order valence-corrected chi connectivity index (χ2v) is 3.95. The number of hydrogen-bond acceptors (Lipinski definition) is 3. The Labute approximate surface area is 98.5 Å². The van der Waals surface area contributed by atoms with Crippen LogP contribution in [0.4, 0.5) is 5.82 Å². The Kier molecular flexibility index (Phi) is 2.29. The Morgan fingerprint density at radius 2 is 2.12 bits per heavy atom. The Morgan fingerprint density at radius 1 is 1.29 bits per heavy atom. The van der Waals surface area contributed by atoms with Crippen LogP contribution in [0.2, 0.25) is 0 Å². The van der Waals surface area contributed by atoms with Crippen LogP contribution < -0.4 is 10.2 Å². The van der Waals surface area contributed by atoms with Gasteiger partial charge in [0.1, 0.15) is 5.69 Å². The van der Waals surface area contributed by atoms with E-state index in [4.69, 9.17) is 0 Å². The van der Waals surface area contributed by atoms with Crippen molar-refractivity contribution in [3.05, 3.63) is 47.9 Å². The molecule has 0 saturated carbocycles. The second-order valence-electron chi connectivity index (χ2n) is 3.95. The van der Waals surface area contributed by atoms with Gasteiger partial charge in [-0.1, -0.05) is 30.3 Å². The van der Waals surface area contributed by atoms with E-state index in [1.54, 1.807) is 6.33 Å². The lowest BCUT2D eigenvalue weighted by Crippen LogP contribution is -2.43. The molecule has 5 heteroatoms. The summed E-state index contributed by atoms with van der Waals surface area (Å²) in [7, 11) is 0. The van der Waals surface area contributed by atoms with Crippen LogP contribution in [0, 0.1) is 0 Å². The zero-order valence-electron chi connectivity index (χ0n) is 9.18. The molecule has 0 unspecified atom stereocenters. The summed E-state index contributed by atoms with van der Waals surface area (Å²) in [6.45, 7) is 1.23. The molecule has 0 saturated heterocycles. The van der Waals surface area contributed by atoms with Crippen molar-refractivity contribution in [1.82, 2.24) is 15.3 Å². The van der Waals surface area contributed by atoms with E-state index in [0.717, 1.165) is 12.4 Å². The number of fused-ring (bicyclic) bond motifs is 1. The van der Waals surface area contributed by atoms with Crippen molar-refractivity contribution in [2.75, 3.05) is 11.6 Å². The van der Waals surface area contributed by atoms with Gasteiger partial charge in [0.05, 0.1) is 13.0 Å². The van der Waals surface area contributed by atoms with Gasteiger partial charge in [-0.2, -0.15) is 0 Å². The maximum absolute atomic E-state index is 11.5. The largest absolute Gasteiger partial charge is 0.339 e. The third-order valence-corrected chi connectivity index (χ3v) is 2.79. The van der Waals surface area contributed by atoms with Gasteiger partial charge in [-0.3, -0.25) is 4.79 Å². The standard InChI is InChI=1S/C12H12N4O/c17-12-10-11(14-7-13-10)16(8-15-12)6-9-4-2-1-3-5-9/h1-5,7H,6,8H2,(H,13,14)(H,15,17). The van der Waals surface area contributed by atoms with Crippen LogP contribution in [-0.4, -0.2) is 22.5 Å². The number of aromatic amines is 1. The number of benzene rings is 1. The molecule has 17 heavy (non-hydrogen) atoms. The summed E-state index contributed by atoms with van der Waals surface area (Å²) >= 11 is 0. The molecule has 2 aromatic rings. The first-order valence-corrected chi connectivity index (χ1v) is 5.45. The first-order chi connectivity index (χ1) is 8.34. The van der Waals surface area contributed by atoms with E-state index in [9.17, 15) is 4.79 Å². The van der Waals surface area contributed by atoms with Crippen LogP contribution in [-0.2, 0) is 6.54 Å². The van der Waals surface area contributed by atoms with Gasteiger partial charge in [-0.15, -0.1) is 0 Å². The number of imidazole rings is 1. The Balaban J connectivity index is 1.87. The monoisotopic (exact) mass is 228 g/mol. The lowest BCUT2D eigenvalue weighted by molar-refractivity contribution is 0.0942. The molecular weight excluding hydrogens is 216 g/mol. The maximum Gasteiger partial charge on any atom is 0.272 e. The molecule has 0 atom stereocenters. The molecule has 0 aliphatic carbocycles. The predicted molar refractivity (Wildman–Crippen MR) is 63.5 cm³/mol. The van der Waals surface area contributed by atoms with E-state index in [2.05, 4.69) is 27.4 Å². The van der Waals surface area contributed by atoms with Crippen LogP contribution in [0.3, 0.4) is 0 Å². The van der Waals surface area contributed by atoms with Crippen LogP contribution >= 0.6 is 0 Å². The average Bonchev–Trinajstić information content (AvgIpc) is 2.84. The number of anilines is 1. The van der Waals surface area contributed by atoms with E-state index in [1.165, 1.54) is 5.56 Å². The topological polar surface area (TPSA) is 61.0 Å². The summed E-state index contributed by atoms with van der Waals surface area (Å²) in [5, 5.41) is 2.81. The first kappa shape index (κ1) is 9.89. The van der Waals surface area contributed by atoms with Crippen molar-refractivity contribution in [3.63, 3.8) is 0 Å². The van der Waals surface area contributed by atoms with Gasteiger partial charge in [0.2, 0.25) is 0 Å². The summed E-state index contributed by atoms with van der Waals surface area (Å²) in [5.41, 5.74) is 1.73. The molecule has 2 N–H and O–H groups in total. The quantitative estimate of drug-likeness (QED) is 0.809. The van der Waals surface area contributed by atoms with Crippen molar-refractivity contribution in [1.29, 1.82) is 0 Å². The minimum atomic E-state index is -0.0955. The van der Waals surface area contributed by atoms with Gasteiger partial charge < -0.3 is 15.2 Å². The number of nitrogens with one attached hydrogen (secondary N) is 2. The third-order valence-electron chi connectivity index (χ3n) is 2.79. The predicted octanol–water partition coefficient (Wildman–Crippen LogP) is 1.12. The minimum Gasteiger partial charge on any atom is -0.339 e. The number of hydrogen-bond donors (Lipinski definition) is 2. The molecule has 0 fully saturated rings. The minimum absolute atomic E-state index is 0.0955. The highest BCUT2D eigenvalue weighted by molar-refractivity contribution is 5.98. The van der Waals surface area contributed by atoms with E-state index >= 15 is 0 Å². The summed E-state index contributed by atoms with van der Waals surface area (Å²) in [6.07, 6.45) is 1.55. The summed E-state index contributed by atoms with van der Waals surface area (Å²) < 4.78 is 0. The first-order valence-electron chi connectivity index (χ1n) is 5.45. The van der Waals surface area contributed by atoms with Gasteiger partial charge in [0.15, 0.2) is 5.82 Å². The Bertz CT molecular complexity index is 534. The smallest absolute Gasteiger partial charge is 0.272 e. The van der Waals surface area contributed by atoms with Crippen molar-refractivity contribution >= 4 is 11.7 Å². The summed E-state index contributed by atoms with van der Waals surface area (Å²) in [6, 6.07) is 10.1. The molecule has 1 aliphatic heterocycles. The fraction of sp³-hybridized carbons (Fsp3) is 0.167. The van der Waals surface area contributed by atoms with Crippen molar-refractivity contribution in [2.24, 2.45) is 0 Å². The lowest BCUT2D eigenvalue weighted by atomic mass is 10.2.